The SMILES string of the molecule is C=CC1=C(CC)CCC1.CC. The van der Waals surface area contributed by atoms with E-state index in [1.165, 1.54) is 31.3 Å². The van der Waals surface area contributed by atoms with E-state index in [9.17, 15) is 0 Å². The highest BCUT2D eigenvalue weighted by molar-refractivity contribution is 5.27. The lowest BCUT2D eigenvalue weighted by Gasteiger charge is -1.96. The monoisotopic (exact) mass is 152 g/mol. The molecule has 0 heteroatoms. The first-order valence-corrected chi connectivity index (χ1v) is 4.71. The molecule has 0 saturated carbocycles. The van der Waals surface area contributed by atoms with Crippen molar-refractivity contribution in [2.75, 3.05) is 0 Å². The van der Waals surface area contributed by atoms with Gasteiger partial charge in [-0.05, 0) is 31.3 Å². The lowest BCUT2D eigenvalue weighted by Crippen LogP contribution is -1.75. The number of allylic oxidation sites excluding steroid dienone is 3. The molecule has 0 aromatic heterocycles. The Morgan fingerprint density at radius 3 is 2.36 bits per heavy atom. The van der Waals surface area contributed by atoms with E-state index in [0.717, 1.165) is 0 Å². The van der Waals surface area contributed by atoms with Crippen molar-refractivity contribution in [3.63, 3.8) is 0 Å². The summed E-state index contributed by atoms with van der Waals surface area (Å²) in [6.07, 6.45) is 7.18. The molecular formula is C11H20. The Labute approximate surface area is 71.0 Å². The van der Waals surface area contributed by atoms with Gasteiger partial charge in [-0.15, -0.1) is 0 Å². The Bertz CT molecular complexity index is 140. The van der Waals surface area contributed by atoms with Crippen LogP contribution in [-0.2, 0) is 0 Å². The van der Waals surface area contributed by atoms with Crippen LogP contribution in [0.5, 0.6) is 0 Å². The van der Waals surface area contributed by atoms with Crippen molar-refractivity contribution < 1.29 is 0 Å². The van der Waals surface area contributed by atoms with E-state index in [1.54, 1.807) is 5.57 Å². The summed E-state index contributed by atoms with van der Waals surface area (Å²) in [4.78, 5) is 0. The molecule has 1 rings (SSSR count). The van der Waals surface area contributed by atoms with Gasteiger partial charge in [0.05, 0.1) is 0 Å². The minimum absolute atomic E-state index is 1.22. The molecule has 0 unspecified atom stereocenters. The second-order valence-corrected chi connectivity index (χ2v) is 2.54. The summed E-state index contributed by atoms with van der Waals surface area (Å²) in [5, 5.41) is 0. The molecule has 11 heavy (non-hydrogen) atoms. The second-order valence-electron chi connectivity index (χ2n) is 2.54. The standard InChI is InChI=1S/C9H14.C2H6/c1-3-8-6-5-7-9(8)4-2;1-2/h3H,1,4-7H2,2H3;1-2H3. The van der Waals surface area contributed by atoms with Crippen LogP contribution in [0.25, 0.3) is 0 Å². The Balaban J connectivity index is 0.000000461. The highest BCUT2D eigenvalue weighted by atomic mass is 14.1. The minimum atomic E-state index is 1.22. The molecule has 1 aliphatic rings. The minimum Gasteiger partial charge on any atom is -0.0988 e. The smallest absolute Gasteiger partial charge is 0.0276 e. The Hall–Kier alpha value is -0.520. The fourth-order valence-corrected chi connectivity index (χ4v) is 1.48. The summed E-state index contributed by atoms with van der Waals surface area (Å²) < 4.78 is 0. The lowest BCUT2D eigenvalue weighted by atomic mass is 10.1. The van der Waals surface area contributed by atoms with Crippen molar-refractivity contribution in [3.8, 4) is 0 Å². The average molecular weight is 152 g/mol. The maximum atomic E-state index is 3.78. The first-order valence-electron chi connectivity index (χ1n) is 4.71. The quantitative estimate of drug-likeness (QED) is 0.559. The third-order valence-electron chi connectivity index (χ3n) is 2.05. The van der Waals surface area contributed by atoms with Gasteiger partial charge in [-0.2, -0.15) is 0 Å². The van der Waals surface area contributed by atoms with Crippen molar-refractivity contribution >= 4 is 0 Å². The molecule has 0 atom stereocenters. The van der Waals surface area contributed by atoms with Crippen LogP contribution in [0.15, 0.2) is 23.8 Å². The predicted molar refractivity (Wildman–Crippen MR) is 52.7 cm³/mol. The van der Waals surface area contributed by atoms with E-state index in [2.05, 4.69) is 13.5 Å². The maximum Gasteiger partial charge on any atom is -0.0276 e. The largest absolute Gasteiger partial charge is 0.0988 e. The summed E-state index contributed by atoms with van der Waals surface area (Å²) in [5.41, 5.74) is 3.14. The molecule has 0 aliphatic heterocycles. The molecule has 0 saturated heterocycles. The molecule has 0 bridgehead atoms. The van der Waals surface area contributed by atoms with Crippen LogP contribution in [0.2, 0.25) is 0 Å². The van der Waals surface area contributed by atoms with Gasteiger partial charge in [-0.3, -0.25) is 0 Å². The van der Waals surface area contributed by atoms with Gasteiger partial charge in [0.15, 0.2) is 0 Å². The summed E-state index contributed by atoms with van der Waals surface area (Å²) in [6, 6.07) is 0. The Kier molecular flexibility index (Phi) is 5.91. The van der Waals surface area contributed by atoms with E-state index in [1.807, 2.05) is 19.9 Å². The third-order valence-corrected chi connectivity index (χ3v) is 2.05. The second kappa shape index (κ2) is 6.21. The van der Waals surface area contributed by atoms with Crippen molar-refractivity contribution in [1.82, 2.24) is 0 Å². The fraction of sp³-hybridized carbons (Fsp3) is 0.636. The van der Waals surface area contributed by atoms with Gasteiger partial charge >= 0.3 is 0 Å². The third kappa shape index (κ3) is 2.92. The van der Waals surface area contributed by atoms with Gasteiger partial charge in [0.25, 0.3) is 0 Å². The van der Waals surface area contributed by atoms with Gasteiger partial charge in [0, 0.05) is 0 Å². The van der Waals surface area contributed by atoms with E-state index in [-0.39, 0.29) is 0 Å². The van der Waals surface area contributed by atoms with Crippen molar-refractivity contribution in [2.45, 2.75) is 46.5 Å². The van der Waals surface area contributed by atoms with Gasteiger partial charge in [-0.1, -0.05) is 39.0 Å². The summed E-state index contributed by atoms with van der Waals surface area (Å²) in [5.74, 6) is 0. The van der Waals surface area contributed by atoms with Crippen LogP contribution >= 0.6 is 0 Å². The molecule has 0 N–H and O–H groups in total. The topological polar surface area (TPSA) is 0 Å². The predicted octanol–water partition coefficient (Wildman–Crippen LogP) is 4.09. The molecule has 0 aromatic rings. The molecule has 0 radical (unpaired) electrons. The maximum absolute atomic E-state index is 3.78. The molecule has 1 aliphatic carbocycles. The van der Waals surface area contributed by atoms with Crippen molar-refractivity contribution in [3.05, 3.63) is 23.8 Å². The van der Waals surface area contributed by atoms with Crippen LogP contribution in [0.4, 0.5) is 0 Å². The van der Waals surface area contributed by atoms with Crippen LogP contribution in [0, 0.1) is 0 Å². The molecule has 64 valence electrons. The Morgan fingerprint density at radius 2 is 2.00 bits per heavy atom. The van der Waals surface area contributed by atoms with Gasteiger partial charge in [-0.25, -0.2) is 0 Å². The first kappa shape index (κ1) is 10.5. The lowest BCUT2D eigenvalue weighted by molar-refractivity contribution is 0.876. The van der Waals surface area contributed by atoms with E-state index < -0.39 is 0 Å². The van der Waals surface area contributed by atoms with E-state index in [4.69, 9.17) is 0 Å². The van der Waals surface area contributed by atoms with Gasteiger partial charge in [0.1, 0.15) is 0 Å². The van der Waals surface area contributed by atoms with Crippen molar-refractivity contribution in [2.24, 2.45) is 0 Å². The molecular weight excluding hydrogens is 132 g/mol. The highest BCUT2D eigenvalue weighted by Crippen LogP contribution is 2.28. The van der Waals surface area contributed by atoms with Crippen LogP contribution in [0.1, 0.15) is 46.5 Å². The van der Waals surface area contributed by atoms with Crippen LogP contribution in [0.3, 0.4) is 0 Å². The molecule has 0 fully saturated rings. The van der Waals surface area contributed by atoms with Crippen LogP contribution in [-0.4, -0.2) is 0 Å². The van der Waals surface area contributed by atoms with Crippen molar-refractivity contribution in [1.29, 1.82) is 0 Å². The number of hydrogen-bond donors (Lipinski definition) is 0. The van der Waals surface area contributed by atoms with Gasteiger partial charge < -0.3 is 0 Å². The number of hydrogen-bond acceptors (Lipinski definition) is 0. The van der Waals surface area contributed by atoms with E-state index >= 15 is 0 Å². The number of rotatable bonds is 2. The molecule has 0 spiro atoms. The summed E-state index contributed by atoms with van der Waals surface area (Å²) in [6.45, 7) is 10.0. The average Bonchev–Trinajstić information content (AvgIpc) is 2.54. The first-order chi connectivity index (χ1) is 5.38. The van der Waals surface area contributed by atoms with E-state index in [0.29, 0.717) is 0 Å². The summed E-state index contributed by atoms with van der Waals surface area (Å²) in [7, 11) is 0. The summed E-state index contributed by atoms with van der Waals surface area (Å²) >= 11 is 0. The highest BCUT2D eigenvalue weighted by Gasteiger charge is 2.08. The molecule has 0 heterocycles. The zero-order valence-corrected chi connectivity index (χ0v) is 8.11. The fourth-order valence-electron chi connectivity index (χ4n) is 1.48. The molecule has 0 nitrogen and oxygen atoms in total. The normalized spacial score (nSPS) is 15.9. The van der Waals surface area contributed by atoms with Gasteiger partial charge in [0.2, 0.25) is 0 Å². The van der Waals surface area contributed by atoms with Crippen LogP contribution < -0.4 is 0 Å². The zero-order valence-electron chi connectivity index (χ0n) is 8.11. The Morgan fingerprint density at radius 1 is 1.36 bits per heavy atom. The molecule has 0 aromatic carbocycles. The molecule has 0 amide bonds. The zero-order chi connectivity index (χ0) is 8.69.